The first-order valence-corrected chi connectivity index (χ1v) is 9.30. The summed E-state index contributed by atoms with van der Waals surface area (Å²) in [6.45, 7) is 5.44. The van der Waals surface area contributed by atoms with Crippen molar-refractivity contribution in [2.45, 2.75) is 0 Å². The number of morpholine rings is 1. The van der Waals surface area contributed by atoms with Crippen LogP contribution in [0.15, 0.2) is 42.6 Å². The molecular formula is C20H23FN4O2. The van der Waals surface area contributed by atoms with E-state index in [1.165, 1.54) is 6.07 Å². The van der Waals surface area contributed by atoms with Gasteiger partial charge in [-0.1, -0.05) is 12.1 Å². The van der Waals surface area contributed by atoms with Crippen molar-refractivity contribution >= 4 is 17.3 Å². The molecule has 4 rings (SSSR count). The van der Waals surface area contributed by atoms with Crippen LogP contribution in [0.5, 0.6) is 0 Å². The maximum Gasteiger partial charge on any atom is 0.272 e. The molecule has 0 aliphatic carbocycles. The van der Waals surface area contributed by atoms with E-state index in [4.69, 9.17) is 4.74 Å². The number of pyridine rings is 1. The predicted molar refractivity (Wildman–Crippen MR) is 102 cm³/mol. The Bertz CT molecular complexity index is 785. The fourth-order valence-electron chi connectivity index (χ4n) is 3.54. The Kier molecular flexibility index (Phi) is 5.20. The molecule has 27 heavy (non-hydrogen) atoms. The molecule has 0 saturated carbocycles. The minimum Gasteiger partial charge on any atom is -0.378 e. The summed E-state index contributed by atoms with van der Waals surface area (Å²) in [6, 6.07) is 10.5. The zero-order chi connectivity index (χ0) is 18.6. The first-order chi connectivity index (χ1) is 13.2. The Labute approximate surface area is 158 Å². The van der Waals surface area contributed by atoms with Crippen LogP contribution in [-0.4, -0.2) is 68.3 Å². The Morgan fingerprint density at radius 1 is 0.926 bits per heavy atom. The molecule has 0 unspecified atom stereocenters. The smallest absolute Gasteiger partial charge is 0.272 e. The van der Waals surface area contributed by atoms with Gasteiger partial charge < -0.3 is 19.4 Å². The summed E-state index contributed by atoms with van der Waals surface area (Å²) in [5.41, 5.74) is 2.06. The number of nitrogens with zero attached hydrogens (tertiary/aromatic N) is 4. The van der Waals surface area contributed by atoms with Crippen LogP contribution in [-0.2, 0) is 4.74 Å². The van der Waals surface area contributed by atoms with E-state index in [2.05, 4.69) is 9.88 Å². The van der Waals surface area contributed by atoms with Crippen LogP contribution < -0.4 is 9.80 Å². The van der Waals surface area contributed by atoms with Crippen LogP contribution in [0, 0.1) is 5.82 Å². The Balaban J connectivity index is 1.37. The highest BCUT2D eigenvalue weighted by molar-refractivity contribution is 5.92. The molecule has 0 atom stereocenters. The molecule has 2 aliphatic rings. The van der Waals surface area contributed by atoms with E-state index in [1.54, 1.807) is 29.3 Å². The monoisotopic (exact) mass is 370 g/mol. The van der Waals surface area contributed by atoms with E-state index in [1.807, 2.05) is 17.0 Å². The highest BCUT2D eigenvalue weighted by Gasteiger charge is 2.24. The summed E-state index contributed by atoms with van der Waals surface area (Å²) in [4.78, 5) is 23.1. The standard InChI is InChI=1S/C20H23FN4O2/c21-17-3-1-2-4-19(17)24-7-9-25(10-8-24)20(26)18-6-5-16(15-22-18)23-11-13-27-14-12-23/h1-6,15H,7-14H2. The average Bonchev–Trinajstić information content (AvgIpc) is 2.74. The lowest BCUT2D eigenvalue weighted by molar-refractivity contribution is 0.0740. The SMILES string of the molecule is O=C(c1ccc(N2CCOCC2)cn1)N1CCN(c2ccccc2F)CC1. The molecule has 0 radical (unpaired) electrons. The lowest BCUT2D eigenvalue weighted by Gasteiger charge is -2.36. The number of benzene rings is 1. The summed E-state index contributed by atoms with van der Waals surface area (Å²) in [5, 5.41) is 0. The van der Waals surface area contributed by atoms with Gasteiger partial charge in [-0.05, 0) is 24.3 Å². The van der Waals surface area contributed by atoms with Crippen LogP contribution >= 0.6 is 0 Å². The van der Waals surface area contributed by atoms with Gasteiger partial charge in [-0.25, -0.2) is 9.37 Å². The minimum absolute atomic E-state index is 0.0725. The Hall–Kier alpha value is -2.67. The van der Waals surface area contributed by atoms with Gasteiger partial charge in [0, 0.05) is 39.3 Å². The number of hydrogen-bond acceptors (Lipinski definition) is 5. The molecule has 1 aromatic carbocycles. The molecule has 0 bridgehead atoms. The van der Waals surface area contributed by atoms with Gasteiger partial charge in [0.15, 0.2) is 0 Å². The molecule has 1 amide bonds. The molecule has 0 N–H and O–H groups in total. The van der Waals surface area contributed by atoms with Gasteiger partial charge in [0.05, 0.1) is 30.8 Å². The third kappa shape index (κ3) is 3.88. The maximum absolute atomic E-state index is 13.9. The third-order valence-electron chi connectivity index (χ3n) is 5.10. The lowest BCUT2D eigenvalue weighted by Crippen LogP contribution is -2.49. The second-order valence-corrected chi connectivity index (χ2v) is 6.73. The van der Waals surface area contributed by atoms with Crippen molar-refractivity contribution in [3.8, 4) is 0 Å². The molecule has 0 spiro atoms. The number of rotatable bonds is 3. The van der Waals surface area contributed by atoms with Crippen LogP contribution in [0.3, 0.4) is 0 Å². The quantitative estimate of drug-likeness (QED) is 0.827. The summed E-state index contributed by atoms with van der Waals surface area (Å²) in [5.74, 6) is -0.297. The molecule has 3 heterocycles. The van der Waals surface area contributed by atoms with E-state index in [0.29, 0.717) is 50.8 Å². The lowest BCUT2D eigenvalue weighted by atomic mass is 10.2. The Morgan fingerprint density at radius 3 is 2.33 bits per heavy atom. The fraction of sp³-hybridized carbons (Fsp3) is 0.400. The summed E-state index contributed by atoms with van der Waals surface area (Å²) < 4.78 is 19.3. The van der Waals surface area contributed by atoms with Gasteiger partial charge in [0.1, 0.15) is 11.5 Å². The van der Waals surface area contributed by atoms with Crippen molar-refractivity contribution in [3.05, 3.63) is 54.1 Å². The van der Waals surface area contributed by atoms with E-state index in [-0.39, 0.29) is 11.7 Å². The second kappa shape index (κ2) is 7.92. The number of ether oxygens (including phenoxy) is 1. The Morgan fingerprint density at radius 2 is 1.67 bits per heavy atom. The maximum atomic E-state index is 13.9. The molecule has 1 aromatic heterocycles. The number of amides is 1. The van der Waals surface area contributed by atoms with Crippen LogP contribution in [0.1, 0.15) is 10.5 Å². The molecule has 7 heteroatoms. The number of carbonyl (C=O) groups is 1. The number of piperazine rings is 1. The van der Waals surface area contributed by atoms with Gasteiger partial charge >= 0.3 is 0 Å². The van der Waals surface area contributed by atoms with Gasteiger partial charge in [0.25, 0.3) is 5.91 Å². The number of hydrogen-bond donors (Lipinski definition) is 0. The number of anilines is 2. The summed E-state index contributed by atoms with van der Waals surface area (Å²) in [7, 11) is 0. The molecule has 2 saturated heterocycles. The highest BCUT2D eigenvalue weighted by Crippen LogP contribution is 2.21. The van der Waals surface area contributed by atoms with Gasteiger partial charge in [-0.15, -0.1) is 0 Å². The first-order valence-electron chi connectivity index (χ1n) is 9.30. The van der Waals surface area contributed by atoms with Crippen molar-refractivity contribution in [2.24, 2.45) is 0 Å². The summed E-state index contributed by atoms with van der Waals surface area (Å²) in [6.07, 6.45) is 1.76. The molecule has 6 nitrogen and oxygen atoms in total. The summed E-state index contributed by atoms with van der Waals surface area (Å²) >= 11 is 0. The average molecular weight is 370 g/mol. The molecule has 2 aromatic rings. The van der Waals surface area contributed by atoms with E-state index in [9.17, 15) is 9.18 Å². The fourth-order valence-corrected chi connectivity index (χ4v) is 3.54. The minimum atomic E-state index is -0.224. The second-order valence-electron chi connectivity index (χ2n) is 6.73. The van der Waals surface area contributed by atoms with Gasteiger partial charge in [-0.2, -0.15) is 0 Å². The number of para-hydroxylation sites is 1. The molecular weight excluding hydrogens is 347 g/mol. The number of halogens is 1. The molecule has 2 aliphatic heterocycles. The van der Waals surface area contributed by atoms with Gasteiger partial charge in [0.2, 0.25) is 0 Å². The van der Waals surface area contributed by atoms with Crippen molar-refractivity contribution in [2.75, 3.05) is 62.3 Å². The van der Waals surface area contributed by atoms with Crippen molar-refractivity contribution in [3.63, 3.8) is 0 Å². The van der Waals surface area contributed by atoms with Crippen LogP contribution in [0.2, 0.25) is 0 Å². The normalized spacial score (nSPS) is 17.9. The zero-order valence-corrected chi connectivity index (χ0v) is 15.2. The van der Waals surface area contributed by atoms with Crippen molar-refractivity contribution in [1.82, 2.24) is 9.88 Å². The van der Waals surface area contributed by atoms with Crippen LogP contribution in [0.25, 0.3) is 0 Å². The van der Waals surface area contributed by atoms with Crippen molar-refractivity contribution in [1.29, 1.82) is 0 Å². The third-order valence-corrected chi connectivity index (χ3v) is 5.10. The zero-order valence-electron chi connectivity index (χ0n) is 15.2. The van der Waals surface area contributed by atoms with E-state index < -0.39 is 0 Å². The number of aromatic nitrogens is 1. The highest BCUT2D eigenvalue weighted by atomic mass is 19.1. The largest absolute Gasteiger partial charge is 0.378 e. The van der Waals surface area contributed by atoms with E-state index >= 15 is 0 Å². The van der Waals surface area contributed by atoms with Crippen molar-refractivity contribution < 1.29 is 13.9 Å². The predicted octanol–water partition coefficient (Wildman–Crippen LogP) is 2.02. The first kappa shape index (κ1) is 17.7. The number of carbonyl (C=O) groups excluding carboxylic acids is 1. The molecule has 2 fully saturated rings. The van der Waals surface area contributed by atoms with E-state index in [0.717, 1.165) is 18.8 Å². The topological polar surface area (TPSA) is 48.9 Å². The molecule has 142 valence electrons. The van der Waals surface area contributed by atoms with Crippen LogP contribution in [0.4, 0.5) is 15.8 Å². The van der Waals surface area contributed by atoms with Gasteiger partial charge in [-0.3, -0.25) is 4.79 Å².